The van der Waals surface area contributed by atoms with Gasteiger partial charge in [-0.15, -0.1) is 0 Å². The van der Waals surface area contributed by atoms with Crippen LogP contribution in [0.3, 0.4) is 0 Å². The molecule has 6 nitrogen and oxygen atoms in total. The van der Waals surface area contributed by atoms with Crippen LogP contribution in [0.15, 0.2) is 24.3 Å². The Kier molecular flexibility index (Phi) is 10.3. The van der Waals surface area contributed by atoms with E-state index in [-0.39, 0.29) is 44.6 Å². The molecule has 1 unspecified atom stereocenters. The summed E-state index contributed by atoms with van der Waals surface area (Å²) in [5.74, 6) is -0.680. The number of aromatic carboxylic acids is 1. The maximum Gasteiger partial charge on any atom is 1.00 e. The molecular formula is C19H31LiNO5P. The monoisotopic (exact) mass is 391 g/mol. The van der Waals surface area contributed by atoms with Crippen LogP contribution >= 0.6 is 7.37 Å². The molecule has 0 bridgehead atoms. The van der Waals surface area contributed by atoms with Gasteiger partial charge in [0.1, 0.15) is 0 Å². The standard InChI is InChI=1S/C19H30NO5P.Li.H/c1-14(16-8-5-9-17(10-16)19(22)23)20-11-18(21)13-26(24,25)12-15-6-3-2-4-7-15;;/h5,8-10,14-15,18,20-21H,2-4,6-7,11-13H2,1H3,(H,22,23)(H,24,25);;/q;+1;-1/t14-,18+;;/m0../s1. The van der Waals surface area contributed by atoms with Crippen LogP contribution in [0.1, 0.15) is 62.4 Å². The second-order valence-electron chi connectivity index (χ2n) is 7.43. The van der Waals surface area contributed by atoms with E-state index in [1.807, 2.05) is 13.0 Å². The van der Waals surface area contributed by atoms with Gasteiger partial charge in [0.05, 0.1) is 17.8 Å². The minimum Gasteiger partial charge on any atom is -1.00 e. The largest absolute Gasteiger partial charge is 1.00 e. The molecule has 0 spiro atoms. The molecule has 3 atom stereocenters. The summed E-state index contributed by atoms with van der Waals surface area (Å²) in [4.78, 5) is 21.3. The summed E-state index contributed by atoms with van der Waals surface area (Å²) in [6, 6.07) is 6.45. The van der Waals surface area contributed by atoms with Gasteiger partial charge in [-0.3, -0.25) is 4.57 Å². The predicted molar refractivity (Wildman–Crippen MR) is 103 cm³/mol. The third-order valence-corrected chi connectivity index (χ3v) is 7.14. The molecular weight excluding hydrogens is 360 g/mol. The average Bonchev–Trinajstić information content (AvgIpc) is 2.59. The van der Waals surface area contributed by atoms with Gasteiger partial charge >= 0.3 is 24.8 Å². The zero-order chi connectivity index (χ0) is 19.2. The summed E-state index contributed by atoms with van der Waals surface area (Å²) >= 11 is 0. The fourth-order valence-corrected chi connectivity index (χ4v) is 5.72. The number of hydrogen-bond donors (Lipinski definition) is 4. The number of nitrogens with one attached hydrogen (secondary N) is 1. The molecule has 8 heteroatoms. The number of rotatable bonds is 9. The molecule has 1 fully saturated rings. The van der Waals surface area contributed by atoms with Crippen molar-refractivity contribution >= 4 is 13.3 Å². The molecule has 0 aromatic heterocycles. The van der Waals surface area contributed by atoms with Crippen LogP contribution in [0.5, 0.6) is 0 Å². The van der Waals surface area contributed by atoms with Gasteiger partial charge in [-0.25, -0.2) is 4.79 Å². The maximum atomic E-state index is 12.4. The number of hydrogen-bond acceptors (Lipinski definition) is 4. The Hall–Kier alpha value is -0.603. The van der Waals surface area contributed by atoms with Gasteiger partial charge < -0.3 is 21.8 Å². The van der Waals surface area contributed by atoms with Crippen molar-refractivity contribution in [3.05, 3.63) is 35.4 Å². The molecule has 27 heavy (non-hydrogen) atoms. The minimum atomic E-state index is -3.34. The molecule has 0 radical (unpaired) electrons. The number of carboxylic acid groups (broad SMARTS) is 1. The van der Waals surface area contributed by atoms with E-state index in [1.54, 1.807) is 12.1 Å². The van der Waals surface area contributed by atoms with Crippen LogP contribution in [-0.2, 0) is 4.57 Å². The van der Waals surface area contributed by atoms with Crippen LogP contribution in [0, 0.1) is 5.92 Å². The zero-order valence-corrected chi connectivity index (χ0v) is 17.2. The quantitative estimate of drug-likeness (QED) is 0.358. The first-order valence-electron chi connectivity index (χ1n) is 9.32. The summed E-state index contributed by atoms with van der Waals surface area (Å²) < 4.78 is 12.4. The topological polar surface area (TPSA) is 107 Å². The Morgan fingerprint density at radius 1 is 1.33 bits per heavy atom. The normalized spacial score (nSPS) is 19.5. The third-order valence-electron chi connectivity index (χ3n) is 5.06. The Morgan fingerprint density at radius 2 is 2.00 bits per heavy atom. The van der Waals surface area contributed by atoms with E-state index >= 15 is 0 Å². The Labute approximate surface area is 174 Å². The smallest absolute Gasteiger partial charge is 1.00 e. The molecule has 1 aromatic carbocycles. The van der Waals surface area contributed by atoms with Crippen LogP contribution in [-0.4, -0.2) is 46.0 Å². The number of aliphatic hydroxyl groups excluding tert-OH is 1. The molecule has 0 amide bonds. The van der Waals surface area contributed by atoms with E-state index in [0.29, 0.717) is 12.1 Å². The van der Waals surface area contributed by atoms with Crippen molar-refractivity contribution in [1.29, 1.82) is 0 Å². The van der Waals surface area contributed by atoms with Crippen molar-refractivity contribution in [2.45, 2.75) is 51.2 Å². The van der Waals surface area contributed by atoms with Gasteiger partial charge in [-0.1, -0.05) is 31.4 Å². The number of carbonyl (C=O) groups is 1. The SMILES string of the molecule is C[C@H](NC[C@@H](O)CP(=O)(O)CC1CCCCC1)c1cccc(C(=O)O)c1.[H-].[Li+]. The molecule has 0 heterocycles. The van der Waals surface area contributed by atoms with Crippen LogP contribution in [0.25, 0.3) is 0 Å². The molecule has 1 saturated carbocycles. The van der Waals surface area contributed by atoms with Crippen molar-refractivity contribution in [1.82, 2.24) is 5.32 Å². The van der Waals surface area contributed by atoms with Crippen molar-refractivity contribution in [2.75, 3.05) is 18.9 Å². The molecule has 1 aliphatic carbocycles. The number of carboxylic acids is 1. The van der Waals surface area contributed by atoms with Crippen LogP contribution in [0.2, 0.25) is 0 Å². The third kappa shape index (κ3) is 8.52. The first-order valence-corrected chi connectivity index (χ1v) is 11.4. The fraction of sp³-hybridized carbons (Fsp3) is 0.632. The van der Waals surface area contributed by atoms with Crippen LogP contribution in [0.4, 0.5) is 0 Å². The van der Waals surface area contributed by atoms with E-state index in [2.05, 4.69) is 5.32 Å². The summed E-state index contributed by atoms with van der Waals surface area (Å²) in [6.45, 7) is 2.06. The number of benzene rings is 1. The van der Waals surface area contributed by atoms with Gasteiger partial charge in [0, 0.05) is 18.7 Å². The van der Waals surface area contributed by atoms with E-state index in [9.17, 15) is 19.4 Å². The Morgan fingerprint density at radius 3 is 2.63 bits per heavy atom. The van der Waals surface area contributed by atoms with Gasteiger partial charge in [0.2, 0.25) is 7.37 Å². The van der Waals surface area contributed by atoms with Gasteiger partial charge in [-0.05, 0) is 43.4 Å². The summed E-state index contributed by atoms with van der Waals surface area (Å²) in [6.07, 6.45) is 4.78. The van der Waals surface area contributed by atoms with E-state index < -0.39 is 19.4 Å². The zero-order valence-electron chi connectivity index (χ0n) is 17.3. The summed E-state index contributed by atoms with van der Waals surface area (Å²) in [7, 11) is -3.34. The van der Waals surface area contributed by atoms with E-state index in [4.69, 9.17) is 5.11 Å². The minimum absolute atomic E-state index is 0. The van der Waals surface area contributed by atoms with E-state index in [1.165, 1.54) is 12.5 Å². The Bertz CT molecular complexity index is 657. The number of aliphatic hydroxyl groups is 1. The summed E-state index contributed by atoms with van der Waals surface area (Å²) in [5.41, 5.74) is 1.01. The van der Waals surface area contributed by atoms with Crippen molar-refractivity contribution in [3.8, 4) is 0 Å². The molecule has 4 N–H and O–H groups in total. The van der Waals surface area contributed by atoms with Crippen molar-refractivity contribution in [3.63, 3.8) is 0 Å². The first kappa shape index (κ1) is 24.4. The van der Waals surface area contributed by atoms with Gasteiger partial charge in [0.15, 0.2) is 0 Å². The summed E-state index contributed by atoms with van der Waals surface area (Å²) in [5, 5.41) is 22.3. The van der Waals surface area contributed by atoms with Gasteiger partial charge in [-0.2, -0.15) is 0 Å². The molecule has 148 valence electrons. The van der Waals surface area contributed by atoms with Crippen molar-refractivity contribution < 1.29 is 44.8 Å². The van der Waals surface area contributed by atoms with E-state index in [0.717, 1.165) is 31.2 Å². The molecule has 1 aromatic rings. The second-order valence-corrected chi connectivity index (χ2v) is 9.85. The van der Waals surface area contributed by atoms with Crippen LogP contribution < -0.4 is 24.2 Å². The molecule has 0 aliphatic heterocycles. The second kappa shape index (κ2) is 11.4. The first-order chi connectivity index (χ1) is 12.3. The maximum absolute atomic E-state index is 12.4. The molecule has 0 saturated heterocycles. The average molecular weight is 391 g/mol. The Balaban J connectivity index is 0.00000364. The fourth-order valence-electron chi connectivity index (χ4n) is 3.61. The molecule has 2 rings (SSSR count). The van der Waals surface area contributed by atoms with Gasteiger partial charge in [0.25, 0.3) is 0 Å². The van der Waals surface area contributed by atoms with Crippen molar-refractivity contribution in [2.24, 2.45) is 5.92 Å². The predicted octanol–water partition coefficient (Wildman–Crippen LogP) is 0.364. The molecule has 1 aliphatic rings.